The molecule has 0 aromatic heterocycles. The van der Waals surface area contributed by atoms with Crippen LogP contribution in [0.1, 0.15) is 53.0 Å². The second-order valence-corrected chi connectivity index (χ2v) is 9.29. The Balaban J connectivity index is 2.88. The van der Waals surface area contributed by atoms with E-state index >= 15 is 0 Å². The van der Waals surface area contributed by atoms with Crippen molar-refractivity contribution >= 4 is 24.1 Å². The number of rotatable bonds is 13. The van der Waals surface area contributed by atoms with Crippen molar-refractivity contribution in [1.82, 2.24) is 21.0 Å². The molecule has 0 spiro atoms. The maximum absolute atomic E-state index is 13.2. The first-order valence-electron chi connectivity index (χ1n) is 11.3. The summed E-state index contributed by atoms with van der Waals surface area (Å²) < 4.78 is 0. The molecule has 0 heterocycles. The summed E-state index contributed by atoms with van der Waals surface area (Å²) in [6.45, 7) is 9.01. The summed E-state index contributed by atoms with van der Waals surface area (Å²) in [7, 11) is 0. The zero-order valence-corrected chi connectivity index (χ0v) is 20.3. The number of amides is 4. The molecule has 0 fully saturated rings. The lowest BCUT2D eigenvalue weighted by atomic mass is 9.84. The SMILES string of the molecule is CC(=O)NCCNC(=O)C(NC(=O)C(CCCc1ccccc1)C(C)N(O)C=O)C(C)(C)C. The van der Waals surface area contributed by atoms with E-state index in [2.05, 4.69) is 16.0 Å². The molecule has 1 aromatic rings. The molecule has 4 N–H and O–H groups in total. The second-order valence-electron chi connectivity index (χ2n) is 9.29. The minimum absolute atomic E-state index is 0.194. The average molecular weight is 463 g/mol. The van der Waals surface area contributed by atoms with E-state index in [-0.39, 0.29) is 31.3 Å². The number of aryl methyl sites for hydroxylation is 1. The van der Waals surface area contributed by atoms with Crippen LogP contribution in [0.25, 0.3) is 0 Å². The zero-order valence-electron chi connectivity index (χ0n) is 20.3. The molecular formula is C24H38N4O5. The molecule has 3 atom stereocenters. The predicted molar refractivity (Wildman–Crippen MR) is 125 cm³/mol. The van der Waals surface area contributed by atoms with Crippen LogP contribution in [0.4, 0.5) is 0 Å². The Morgan fingerprint density at radius 3 is 2.21 bits per heavy atom. The molecule has 0 saturated carbocycles. The van der Waals surface area contributed by atoms with Gasteiger partial charge in [0.25, 0.3) is 0 Å². The third kappa shape index (κ3) is 10.0. The number of carbonyl (C=O) groups is 4. The summed E-state index contributed by atoms with van der Waals surface area (Å²) in [4.78, 5) is 48.1. The van der Waals surface area contributed by atoms with Crippen molar-refractivity contribution in [3.05, 3.63) is 35.9 Å². The fraction of sp³-hybridized carbons (Fsp3) is 0.583. The van der Waals surface area contributed by atoms with E-state index in [1.54, 1.807) is 6.92 Å². The van der Waals surface area contributed by atoms with E-state index in [1.807, 2.05) is 51.1 Å². The van der Waals surface area contributed by atoms with Crippen molar-refractivity contribution in [3.8, 4) is 0 Å². The van der Waals surface area contributed by atoms with E-state index in [0.717, 1.165) is 12.0 Å². The van der Waals surface area contributed by atoms with Crippen LogP contribution in [0.3, 0.4) is 0 Å². The first-order valence-corrected chi connectivity index (χ1v) is 11.3. The van der Waals surface area contributed by atoms with Gasteiger partial charge in [0.1, 0.15) is 6.04 Å². The molecule has 3 unspecified atom stereocenters. The average Bonchev–Trinajstić information content (AvgIpc) is 2.76. The summed E-state index contributed by atoms with van der Waals surface area (Å²) >= 11 is 0. The lowest BCUT2D eigenvalue weighted by molar-refractivity contribution is -0.166. The molecule has 9 nitrogen and oxygen atoms in total. The molecule has 0 aliphatic carbocycles. The van der Waals surface area contributed by atoms with Crippen molar-refractivity contribution in [2.24, 2.45) is 11.3 Å². The van der Waals surface area contributed by atoms with Crippen molar-refractivity contribution in [1.29, 1.82) is 0 Å². The second kappa shape index (κ2) is 13.6. The number of nitrogens with zero attached hydrogens (tertiary/aromatic N) is 1. The molecule has 0 bridgehead atoms. The standard InChI is InChI=1S/C24H38N4O5/c1-17(28(33)16-29)20(13-9-12-19-10-7-6-8-11-19)22(31)27-21(24(3,4)5)23(32)26-15-14-25-18(2)30/h6-8,10-11,16-17,20-21,33H,9,12-15H2,1-5H3,(H,25,30)(H,26,32)(H,27,31). The Bertz CT molecular complexity index is 779. The van der Waals surface area contributed by atoms with Crippen LogP contribution < -0.4 is 16.0 Å². The Kier molecular flexibility index (Phi) is 11.6. The zero-order chi connectivity index (χ0) is 25.0. The molecule has 4 amide bonds. The van der Waals surface area contributed by atoms with Crippen LogP contribution in [0.5, 0.6) is 0 Å². The molecule has 0 aliphatic heterocycles. The highest BCUT2D eigenvalue weighted by atomic mass is 16.5. The van der Waals surface area contributed by atoms with Gasteiger partial charge in [-0.1, -0.05) is 51.1 Å². The maximum Gasteiger partial charge on any atom is 0.243 e. The van der Waals surface area contributed by atoms with E-state index in [4.69, 9.17) is 0 Å². The molecule has 0 aliphatic rings. The molecule has 0 saturated heterocycles. The molecular weight excluding hydrogens is 424 g/mol. The summed E-state index contributed by atoms with van der Waals surface area (Å²) in [6.07, 6.45) is 2.12. The highest BCUT2D eigenvalue weighted by Gasteiger charge is 2.36. The molecule has 1 rings (SSSR count). The summed E-state index contributed by atoms with van der Waals surface area (Å²) in [6, 6.07) is 8.23. The van der Waals surface area contributed by atoms with Gasteiger partial charge < -0.3 is 16.0 Å². The number of nitrogens with one attached hydrogen (secondary N) is 3. The Morgan fingerprint density at radius 1 is 1.06 bits per heavy atom. The minimum Gasteiger partial charge on any atom is -0.355 e. The predicted octanol–water partition coefficient (Wildman–Crippen LogP) is 1.64. The van der Waals surface area contributed by atoms with Gasteiger partial charge in [-0.25, -0.2) is 5.06 Å². The third-order valence-electron chi connectivity index (χ3n) is 5.48. The number of carbonyl (C=O) groups excluding carboxylic acids is 4. The molecule has 9 heteroatoms. The van der Waals surface area contributed by atoms with E-state index in [9.17, 15) is 24.4 Å². The molecule has 0 radical (unpaired) electrons. The van der Waals surface area contributed by atoms with Crippen LogP contribution in [-0.4, -0.2) is 59.6 Å². The fourth-order valence-electron chi connectivity index (χ4n) is 3.49. The van der Waals surface area contributed by atoms with Gasteiger partial charge in [-0.3, -0.25) is 24.4 Å². The highest BCUT2D eigenvalue weighted by Crippen LogP contribution is 2.23. The lowest BCUT2D eigenvalue weighted by Crippen LogP contribution is -2.57. The molecule has 184 valence electrons. The number of benzene rings is 1. The van der Waals surface area contributed by atoms with Gasteiger partial charge in [-0.15, -0.1) is 0 Å². The maximum atomic E-state index is 13.2. The van der Waals surface area contributed by atoms with Gasteiger partial charge in [0.15, 0.2) is 0 Å². The Labute approximate surface area is 196 Å². The number of hydrogen-bond acceptors (Lipinski definition) is 5. The minimum atomic E-state index is -0.838. The first kappa shape index (κ1) is 28.1. The van der Waals surface area contributed by atoms with Gasteiger partial charge in [0, 0.05) is 20.0 Å². The summed E-state index contributed by atoms with van der Waals surface area (Å²) in [5, 5.41) is 18.6. The first-order chi connectivity index (χ1) is 15.5. The van der Waals surface area contributed by atoms with Gasteiger partial charge in [0.2, 0.25) is 24.1 Å². The monoisotopic (exact) mass is 462 g/mol. The van der Waals surface area contributed by atoms with Crippen molar-refractivity contribution < 1.29 is 24.4 Å². The normalized spacial score (nSPS) is 13.9. The lowest BCUT2D eigenvalue weighted by Gasteiger charge is -2.33. The Morgan fingerprint density at radius 2 is 1.67 bits per heavy atom. The largest absolute Gasteiger partial charge is 0.355 e. The highest BCUT2D eigenvalue weighted by molar-refractivity contribution is 5.89. The van der Waals surface area contributed by atoms with Crippen LogP contribution in [0.15, 0.2) is 30.3 Å². The van der Waals surface area contributed by atoms with E-state index < -0.39 is 29.3 Å². The van der Waals surface area contributed by atoms with E-state index in [0.29, 0.717) is 17.9 Å². The molecule has 1 aromatic carbocycles. The van der Waals surface area contributed by atoms with Crippen molar-refractivity contribution in [2.45, 2.75) is 66.0 Å². The van der Waals surface area contributed by atoms with Crippen LogP contribution >= 0.6 is 0 Å². The quantitative estimate of drug-likeness (QED) is 0.153. The van der Waals surface area contributed by atoms with Crippen LogP contribution in [0, 0.1) is 11.3 Å². The molecule has 33 heavy (non-hydrogen) atoms. The van der Waals surface area contributed by atoms with E-state index in [1.165, 1.54) is 6.92 Å². The van der Waals surface area contributed by atoms with Crippen LogP contribution in [-0.2, 0) is 25.6 Å². The van der Waals surface area contributed by atoms with Crippen LogP contribution in [0.2, 0.25) is 0 Å². The Hall–Kier alpha value is -2.94. The number of hydrogen-bond donors (Lipinski definition) is 4. The van der Waals surface area contributed by atoms with Gasteiger partial charge >= 0.3 is 0 Å². The summed E-state index contributed by atoms with van der Waals surface area (Å²) in [5.41, 5.74) is 0.543. The van der Waals surface area contributed by atoms with Gasteiger partial charge in [0.05, 0.1) is 12.0 Å². The van der Waals surface area contributed by atoms with Gasteiger partial charge in [-0.2, -0.15) is 0 Å². The topological polar surface area (TPSA) is 128 Å². The van der Waals surface area contributed by atoms with Crippen molar-refractivity contribution in [2.75, 3.05) is 13.1 Å². The smallest absolute Gasteiger partial charge is 0.243 e. The third-order valence-corrected chi connectivity index (χ3v) is 5.48. The van der Waals surface area contributed by atoms with Gasteiger partial charge in [-0.05, 0) is 37.2 Å². The number of hydroxylamine groups is 2. The van der Waals surface area contributed by atoms with Crippen molar-refractivity contribution in [3.63, 3.8) is 0 Å². The summed E-state index contributed by atoms with van der Waals surface area (Å²) in [5.74, 6) is -1.68. The fourth-order valence-corrected chi connectivity index (χ4v) is 3.49.